The Morgan fingerprint density at radius 1 is 1.25 bits per heavy atom. The Morgan fingerprint density at radius 3 is 2.62 bits per heavy atom. The number of carbonyl (C=O) groups excluding carboxylic acids is 2. The molecule has 2 rings (SSSR count). The molecule has 1 aromatic carbocycles. The molecule has 7 heteroatoms. The van der Waals surface area contributed by atoms with Crippen LogP contribution in [0.5, 0.6) is 0 Å². The highest BCUT2D eigenvalue weighted by Gasteiger charge is 2.15. The quantitative estimate of drug-likeness (QED) is 0.794. The fourth-order valence-electron chi connectivity index (χ4n) is 1.99. The second-order valence-electron chi connectivity index (χ2n) is 6.52. The molecule has 3 amide bonds. The summed E-state index contributed by atoms with van der Waals surface area (Å²) in [5.41, 5.74) is 4.20. The minimum absolute atomic E-state index is 0.206. The van der Waals surface area contributed by atoms with E-state index < -0.39 is 0 Å². The van der Waals surface area contributed by atoms with Gasteiger partial charge in [-0.1, -0.05) is 6.07 Å². The Morgan fingerprint density at radius 2 is 2.00 bits per heavy atom. The minimum Gasteiger partial charge on any atom is -0.346 e. The first kappa shape index (κ1) is 17.9. The zero-order valence-electron chi connectivity index (χ0n) is 14.3. The van der Waals surface area contributed by atoms with E-state index in [1.807, 2.05) is 39.1 Å². The van der Waals surface area contributed by atoms with E-state index in [1.165, 1.54) is 11.3 Å². The van der Waals surface area contributed by atoms with Crippen molar-refractivity contribution in [2.45, 2.75) is 39.8 Å². The number of aromatic nitrogens is 1. The molecule has 3 N–H and O–H groups in total. The van der Waals surface area contributed by atoms with Crippen LogP contribution in [-0.2, 0) is 6.54 Å². The highest BCUT2D eigenvalue weighted by atomic mass is 32.1. The Labute approximate surface area is 145 Å². The third kappa shape index (κ3) is 5.34. The monoisotopic (exact) mass is 346 g/mol. The molecule has 1 heterocycles. The number of amides is 3. The molecule has 0 aliphatic rings. The average molecular weight is 346 g/mol. The lowest BCUT2D eigenvalue weighted by Gasteiger charge is -2.21. The van der Waals surface area contributed by atoms with Gasteiger partial charge in [0, 0.05) is 22.2 Å². The van der Waals surface area contributed by atoms with Crippen molar-refractivity contribution in [2.75, 3.05) is 5.32 Å². The van der Waals surface area contributed by atoms with Crippen LogP contribution in [0.1, 0.15) is 42.4 Å². The zero-order valence-corrected chi connectivity index (χ0v) is 15.1. The third-order valence-electron chi connectivity index (χ3n) is 3.15. The van der Waals surface area contributed by atoms with Crippen molar-refractivity contribution >= 4 is 29.0 Å². The first-order valence-electron chi connectivity index (χ1n) is 7.60. The Balaban J connectivity index is 2.04. The maximum atomic E-state index is 12.3. The standard InChI is InChI=1S/C17H22N4O2S/c1-11-5-6-12(15(22)18-8-13-9-24-10-19-13)7-14(11)20-16(23)21-17(2,3)4/h5-7,9-10H,8H2,1-4H3,(H,18,22)(H2,20,21,23). The van der Waals surface area contributed by atoms with Crippen molar-refractivity contribution in [1.29, 1.82) is 0 Å². The van der Waals surface area contributed by atoms with Gasteiger partial charge < -0.3 is 16.0 Å². The molecular formula is C17H22N4O2S. The second-order valence-corrected chi connectivity index (χ2v) is 7.24. The van der Waals surface area contributed by atoms with E-state index in [2.05, 4.69) is 20.9 Å². The Hall–Kier alpha value is -2.41. The second kappa shape index (κ2) is 7.44. The lowest BCUT2D eigenvalue weighted by atomic mass is 10.1. The van der Waals surface area contributed by atoms with Crippen LogP contribution < -0.4 is 16.0 Å². The van der Waals surface area contributed by atoms with Crippen LogP contribution in [0.4, 0.5) is 10.5 Å². The number of hydrogen-bond acceptors (Lipinski definition) is 4. The Kier molecular flexibility index (Phi) is 5.56. The lowest BCUT2D eigenvalue weighted by molar-refractivity contribution is 0.0950. The van der Waals surface area contributed by atoms with Gasteiger partial charge in [-0.3, -0.25) is 4.79 Å². The van der Waals surface area contributed by atoms with Crippen LogP contribution in [0.2, 0.25) is 0 Å². The third-order valence-corrected chi connectivity index (χ3v) is 3.79. The van der Waals surface area contributed by atoms with Gasteiger partial charge in [-0.15, -0.1) is 11.3 Å². The van der Waals surface area contributed by atoms with Crippen LogP contribution in [0.3, 0.4) is 0 Å². The molecule has 0 aliphatic carbocycles. The van der Waals surface area contributed by atoms with Gasteiger partial charge in [-0.2, -0.15) is 0 Å². The minimum atomic E-state index is -0.333. The Bertz CT molecular complexity index is 721. The molecule has 0 saturated heterocycles. The molecule has 1 aromatic heterocycles. The number of anilines is 1. The fraction of sp³-hybridized carbons (Fsp3) is 0.353. The zero-order chi connectivity index (χ0) is 17.7. The summed E-state index contributed by atoms with van der Waals surface area (Å²) in [6.45, 7) is 7.97. The van der Waals surface area contributed by atoms with Gasteiger partial charge in [-0.05, 0) is 45.4 Å². The van der Waals surface area contributed by atoms with E-state index in [9.17, 15) is 9.59 Å². The molecule has 0 bridgehead atoms. The van der Waals surface area contributed by atoms with Crippen LogP contribution in [0.15, 0.2) is 29.1 Å². The summed E-state index contributed by atoms with van der Waals surface area (Å²) in [6.07, 6.45) is 0. The summed E-state index contributed by atoms with van der Waals surface area (Å²) in [4.78, 5) is 28.4. The van der Waals surface area contributed by atoms with Gasteiger partial charge >= 0.3 is 6.03 Å². The number of nitrogens with zero attached hydrogens (tertiary/aromatic N) is 1. The predicted octanol–water partition coefficient (Wildman–Crippen LogP) is 3.30. The number of rotatable bonds is 4. The van der Waals surface area contributed by atoms with Gasteiger partial charge in [0.25, 0.3) is 5.91 Å². The molecular weight excluding hydrogens is 324 g/mol. The molecule has 0 fully saturated rings. The molecule has 0 saturated carbocycles. The molecule has 24 heavy (non-hydrogen) atoms. The van der Waals surface area contributed by atoms with Gasteiger partial charge in [0.2, 0.25) is 0 Å². The smallest absolute Gasteiger partial charge is 0.319 e. The summed E-state index contributed by atoms with van der Waals surface area (Å²) in [6, 6.07) is 4.92. The number of carbonyl (C=O) groups is 2. The van der Waals surface area contributed by atoms with Gasteiger partial charge in [0.05, 0.1) is 17.7 Å². The van der Waals surface area contributed by atoms with E-state index in [4.69, 9.17) is 0 Å². The molecule has 0 unspecified atom stereocenters. The number of benzene rings is 1. The average Bonchev–Trinajstić information content (AvgIpc) is 2.98. The number of hydrogen-bond donors (Lipinski definition) is 3. The lowest BCUT2D eigenvalue weighted by Crippen LogP contribution is -2.43. The molecule has 0 aliphatic heterocycles. The largest absolute Gasteiger partial charge is 0.346 e. The highest BCUT2D eigenvalue weighted by Crippen LogP contribution is 2.17. The van der Waals surface area contributed by atoms with E-state index in [1.54, 1.807) is 17.6 Å². The van der Waals surface area contributed by atoms with Crippen LogP contribution >= 0.6 is 11.3 Å². The molecule has 6 nitrogen and oxygen atoms in total. The molecule has 0 atom stereocenters. The first-order chi connectivity index (χ1) is 11.2. The van der Waals surface area contributed by atoms with E-state index in [0.29, 0.717) is 17.8 Å². The molecule has 128 valence electrons. The number of urea groups is 1. The van der Waals surface area contributed by atoms with E-state index in [0.717, 1.165) is 11.3 Å². The predicted molar refractivity (Wildman–Crippen MR) is 96.4 cm³/mol. The summed E-state index contributed by atoms with van der Waals surface area (Å²) < 4.78 is 0. The summed E-state index contributed by atoms with van der Waals surface area (Å²) >= 11 is 1.49. The SMILES string of the molecule is Cc1ccc(C(=O)NCc2cscn2)cc1NC(=O)NC(C)(C)C. The van der Waals surface area contributed by atoms with Gasteiger partial charge in [-0.25, -0.2) is 9.78 Å². The van der Waals surface area contributed by atoms with Gasteiger partial charge in [0.1, 0.15) is 0 Å². The summed E-state index contributed by atoms with van der Waals surface area (Å²) in [7, 11) is 0. The first-order valence-corrected chi connectivity index (χ1v) is 8.54. The van der Waals surface area contributed by atoms with Crippen LogP contribution in [0.25, 0.3) is 0 Å². The van der Waals surface area contributed by atoms with Crippen molar-refractivity contribution in [2.24, 2.45) is 0 Å². The van der Waals surface area contributed by atoms with Crippen LogP contribution in [-0.4, -0.2) is 22.5 Å². The molecule has 0 spiro atoms. The van der Waals surface area contributed by atoms with E-state index in [-0.39, 0.29) is 17.5 Å². The van der Waals surface area contributed by atoms with Crippen molar-refractivity contribution in [1.82, 2.24) is 15.6 Å². The number of aryl methyl sites for hydroxylation is 1. The molecule has 0 radical (unpaired) electrons. The maximum absolute atomic E-state index is 12.3. The number of nitrogens with one attached hydrogen (secondary N) is 3. The fourth-order valence-corrected chi connectivity index (χ4v) is 2.55. The van der Waals surface area contributed by atoms with E-state index >= 15 is 0 Å². The summed E-state index contributed by atoms with van der Waals surface area (Å²) in [5.74, 6) is -0.206. The van der Waals surface area contributed by atoms with Crippen molar-refractivity contribution in [3.05, 3.63) is 45.9 Å². The van der Waals surface area contributed by atoms with Crippen molar-refractivity contribution in [3.8, 4) is 0 Å². The van der Waals surface area contributed by atoms with Gasteiger partial charge in [0.15, 0.2) is 0 Å². The van der Waals surface area contributed by atoms with Crippen molar-refractivity contribution < 1.29 is 9.59 Å². The number of thiazole rings is 1. The maximum Gasteiger partial charge on any atom is 0.319 e. The topological polar surface area (TPSA) is 83.1 Å². The summed E-state index contributed by atoms with van der Waals surface area (Å²) in [5, 5.41) is 10.3. The highest BCUT2D eigenvalue weighted by molar-refractivity contribution is 7.07. The van der Waals surface area contributed by atoms with Crippen LogP contribution in [0, 0.1) is 6.92 Å². The molecule has 2 aromatic rings. The van der Waals surface area contributed by atoms with Crippen molar-refractivity contribution in [3.63, 3.8) is 0 Å². The normalized spacial score (nSPS) is 11.0.